The van der Waals surface area contributed by atoms with Crippen molar-refractivity contribution in [2.45, 2.75) is 25.3 Å². The van der Waals surface area contributed by atoms with Gasteiger partial charge in [-0.05, 0) is 47.3 Å². The summed E-state index contributed by atoms with van der Waals surface area (Å²) in [5, 5.41) is 0. The summed E-state index contributed by atoms with van der Waals surface area (Å²) in [6, 6.07) is 4.31. The molecule has 1 aliphatic rings. The monoisotopic (exact) mass is 257 g/mol. The van der Waals surface area contributed by atoms with E-state index in [2.05, 4.69) is 34.1 Å². The molecule has 0 amide bonds. The molecule has 70 valence electrons. The van der Waals surface area contributed by atoms with Gasteiger partial charge in [0.2, 0.25) is 0 Å². The van der Waals surface area contributed by atoms with Crippen LogP contribution in [0.15, 0.2) is 27.6 Å². The molecule has 3 heteroatoms. The molecule has 1 nitrogen and oxygen atoms in total. The Kier molecular flexibility index (Phi) is 2.86. The Morgan fingerprint density at radius 2 is 2.31 bits per heavy atom. The molecule has 2 N–H and O–H groups in total. The van der Waals surface area contributed by atoms with Crippen LogP contribution >= 0.6 is 27.3 Å². The van der Waals surface area contributed by atoms with Gasteiger partial charge in [-0.2, -0.15) is 0 Å². The molecule has 0 radical (unpaired) electrons. The fourth-order valence-corrected chi connectivity index (χ4v) is 3.12. The van der Waals surface area contributed by atoms with Gasteiger partial charge in [0.05, 0.1) is 9.83 Å². The first-order valence-electron chi connectivity index (χ1n) is 4.47. The minimum absolute atomic E-state index is 0.138. The molecule has 0 spiro atoms. The van der Waals surface area contributed by atoms with E-state index in [-0.39, 0.29) is 6.04 Å². The van der Waals surface area contributed by atoms with Crippen molar-refractivity contribution in [1.29, 1.82) is 0 Å². The summed E-state index contributed by atoms with van der Waals surface area (Å²) in [5.74, 6) is 0. The minimum atomic E-state index is 0.138. The van der Waals surface area contributed by atoms with Crippen LogP contribution in [0.3, 0.4) is 0 Å². The van der Waals surface area contributed by atoms with Crippen LogP contribution in [-0.4, -0.2) is 0 Å². The molecule has 1 unspecified atom stereocenters. The number of hydrogen-bond acceptors (Lipinski definition) is 2. The second-order valence-electron chi connectivity index (χ2n) is 3.29. The highest BCUT2D eigenvalue weighted by atomic mass is 79.9. The average molecular weight is 258 g/mol. The zero-order chi connectivity index (χ0) is 9.26. The Hall–Kier alpha value is -0.120. The van der Waals surface area contributed by atoms with Crippen molar-refractivity contribution < 1.29 is 0 Å². The molecular weight excluding hydrogens is 246 g/mol. The van der Waals surface area contributed by atoms with Gasteiger partial charge in [-0.25, -0.2) is 0 Å². The van der Waals surface area contributed by atoms with Crippen molar-refractivity contribution in [3.8, 4) is 0 Å². The lowest BCUT2D eigenvalue weighted by atomic mass is 10.1. The Morgan fingerprint density at radius 1 is 1.46 bits per heavy atom. The molecule has 0 aromatic carbocycles. The fraction of sp³-hybridized carbons (Fsp3) is 0.400. The van der Waals surface area contributed by atoms with E-state index in [0.717, 1.165) is 3.79 Å². The van der Waals surface area contributed by atoms with Crippen molar-refractivity contribution in [2.75, 3.05) is 0 Å². The van der Waals surface area contributed by atoms with Crippen molar-refractivity contribution >= 4 is 27.3 Å². The summed E-state index contributed by atoms with van der Waals surface area (Å²) >= 11 is 5.19. The van der Waals surface area contributed by atoms with Crippen molar-refractivity contribution in [2.24, 2.45) is 5.73 Å². The molecule has 0 saturated heterocycles. The molecule has 0 fully saturated rings. The van der Waals surface area contributed by atoms with Crippen LogP contribution in [0, 0.1) is 0 Å². The van der Waals surface area contributed by atoms with Gasteiger partial charge in [0.1, 0.15) is 0 Å². The summed E-state index contributed by atoms with van der Waals surface area (Å²) < 4.78 is 1.16. The second-order valence-corrected chi connectivity index (χ2v) is 5.79. The normalized spacial score (nSPS) is 18.8. The minimum Gasteiger partial charge on any atom is -0.320 e. The highest BCUT2D eigenvalue weighted by molar-refractivity contribution is 9.11. The van der Waals surface area contributed by atoms with Crippen molar-refractivity contribution in [3.05, 3.63) is 32.4 Å². The first-order valence-corrected chi connectivity index (χ1v) is 6.08. The number of allylic oxidation sites excluding steroid dienone is 1. The van der Waals surface area contributed by atoms with Crippen LogP contribution in [0.25, 0.3) is 0 Å². The quantitative estimate of drug-likeness (QED) is 0.805. The predicted octanol–water partition coefficient (Wildman–Crippen LogP) is 3.62. The lowest BCUT2D eigenvalue weighted by Crippen LogP contribution is -2.10. The highest BCUT2D eigenvalue weighted by Crippen LogP contribution is 2.33. The average Bonchev–Trinajstić information content (AvgIpc) is 2.72. The van der Waals surface area contributed by atoms with Crippen molar-refractivity contribution in [1.82, 2.24) is 0 Å². The maximum atomic E-state index is 6.13. The summed E-state index contributed by atoms with van der Waals surface area (Å²) in [7, 11) is 0. The number of thiophene rings is 1. The molecule has 1 aromatic heterocycles. The van der Waals surface area contributed by atoms with Crippen LogP contribution in [-0.2, 0) is 0 Å². The zero-order valence-corrected chi connectivity index (χ0v) is 9.70. The summed E-state index contributed by atoms with van der Waals surface area (Å²) in [4.78, 5) is 1.26. The third-order valence-electron chi connectivity index (χ3n) is 2.38. The first kappa shape index (κ1) is 9.44. The summed E-state index contributed by atoms with van der Waals surface area (Å²) in [6.45, 7) is 0. The van der Waals surface area contributed by atoms with E-state index in [4.69, 9.17) is 5.73 Å². The molecule has 13 heavy (non-hydrogen) atoms. The van der Waals surface area contributed by atoms with Crippen LogP contribution < -0.4 is 5.73 Å². The van der Waals surface area contributed by atoms with Gasteiger partial charge >= 0.3 is 0 Å². The third kappa shape index (κ3) is 2.03. The van der Waals surface area contributed by atoms with Gasteiger partial charge in [-0.3, -0.25) is 0 Å². The van der Waals surface area contributed by atoms with Gasteiger partial charge in [-0.1, -0.05) is 11.6 Å². The summed E-state index contributed by atoms with van der Waals surface area (Å²) in [6.07, 6.45) is 5.94. The second kappa shape index (κ2) is 3.95. The van der Waals surface area contributed by atoms with E-state index in [1.54, 1.807) is 11.3 Å². The van der Waals surface area contributed by atoms with Crippen molar-refractivity contribution in [3.63, 3.8) is 0 Å². The number of halogens is 1. The molecule has 1 heterocycles. The first-order chi connectivity index (χ1) is 6.27. The topological polar surface area (TPSA) is 26.0 Å². The lowest BCUT2D eigenvalue weighted by Gasteiger charge is -2.10. The smallest absolute Gasteiger partial charge is 0.0702 e. The highest BCUT2D eigenvalue weighted by Gasteiger charge is 2.16. The SMILES string of the molecule is NC(C1=CCCC1)c1ccc(Br)s1. The van der Waals surface area contributed by atoms with Crippen LogP contribution in [0.2, 0.25) is 0 Å². The summed E-state index contributed by atoms with van der Waals surface area (Å²) in [5.41, 5.74) is 7.55. The fourth-order valence-electron chi connectivity index (χ4n) is 1.66. The van der Waals surface area contributed by atoms with E-state index < -0.39 is 0 Å². The lowest BCUT2D eigenvalue weighted by molar-refractivity contribution is 0.796. The van der Waals surface area contributed by atoms with Crippen LogP contribution in [0.4, 0.5) is 0 Å². The zero-order valence-electron chi connectivity index (χ0n) is 7.29. The van der Waals surface area contributed by atoms with Gasteiger partial charge in [-0.15, -0.1) is 11.3 Å². The van der Waals surface area contributed by atoms with Gasteiger partial charge in [0, 0.05) is 4.88 Å². The third-order valence-corrected chi connectivity index (χ3v) is 4.08. The predicted molar refractivity (Wildman–Crippen MR) is 60.9 cm³/mol. The Balaban J connectivity index is 2.16. The van der Waals surface area contributed by atoms with Gasteiger partial charge in [0.15, 0.2) is 0 Å². The molecular formula is C10H12BrNS. The van der Waals surface area contributed by atoms with Gasteiger partial charge in [0.25, 0.3) is 0 Å². The number of rotatable bonds is 2. The molecule has 0 saturated carbocycles. The molecule has 1 aliphatic carbocycles. The van der Waals surface area contributed by atoms with E-state index in [9.17, 15) is 0 Å². The Labute approximate surface area is 90.8 Å². The maximum Gasteiger partial charge on any atom is 0.0702 e. The maximum absolute atomic E-state index is 6.13. The number of nitrogens with two attached hydrogens (primary N) is 1. The van der Waals surface area contributed by atoms with E-state index in [1.807, 2.05) is 0 Å². The van der Waals surface area contributed by atoms with Crippen LogP contribution in [0.1, 0.15) is 30.2 Å². The Morgan fingerprint density at radius 3 is 2.85 bits per heavy atom. The van der Waals surface area contributed by atoms with E-state index in [1.165, 1.54) is 29.7 Å². The molecule has 2 rings (SSSR count). The molecule has 0 aliphatic heterocycles. The molecule has 1 aromatic rings. The molecule has 0 bridgehead atoms. The van der Waals surface area contributed by atoms with E-state index in [0.29, 0.717) is 0 Å². The van der Waals surface area contributed by atoms with Gasteiger partial charge < -0.3 is 5.73 Å². The Bertz CT molecular complexity index is 329. The molecule has 1 atom stereocenters. The van der Waals surface area contributed by atoms with Crippen LogP contribution in [0.5, 0.6) is 0 Å². The largest absolute Gasteiger partial charge is 0.320 e. The standard InChI is InChI=1S/C10H12BrNS/c11-9-6-5-8(13-9)10(12)7-3-1-2-4-7/h3,5-6,10H,1-2,4,12H2. The number of hydrogen-bond donors (Lipinski definition) is 1. The van der Waals surface area contributed by atoms with E-state index >= 15 is 0 Å².